The highest BCUT2D eigenvalue weighted by atomic mass is 35.5. The van der Waals surface area contributed by atoms with Crippen LogP contribution in [0.15, 0.2) is 6.20 Å². The molecule has 0 spiro atoms. The van der Waals surface area contributed by atoms with E-state index < -0.39 is 0 Å². The lowest BCUT2D eigenvalue weighted by Crippen LogP contribution is -2.44. The molecule has 2 aliphatic rings. The first-order chi connectivity index (χ1) is 9.24. The summed E-state index contributed by atoms with van der Waals surface area (Å²) in [5.41, 5.74) is 6.33. The molecule has 5 nitrogen and oxygen atoms in total. The Balaban J connectivity index is 1.56. The molecular formula is C13H21ClN4O. The highest BCUT2D eigenvalue weighted by molar-refractivity contribution is 6.31. The Morgan fingerprint density at radius 3 is 2.42 bits per heavy atom. The Labute approximate surface area is 118 Å². The van der Waals surface area contributed by atoms with Crippen molar-refractivity contribution in [3.63, 3.8) is 0 Å². The number of nitrogen functional groups attached to an aromatic ring is 1. The number of rotatable bonds is 2. The third kappa shape index (κ3) is 2.88. The van der Waals surface area contributed by atoms with Crippen LogP contribution in [0.3, 0.4) is 0 Å². The average molecular weight is 285 g/mol. The maximum absolute atomic E-state index is 5.92. The van der Waals surface area contributed by atoms with Gasteiger partial charge in [0.2, 0.25) is 0 Å². The first-order valence-corrected chi connectivity index (χ1v) is 7.44. The van der Waals surface area contributed by atoms with Crippen molar-refractivity contribution in [3.05, 3.63) is 11.3 Å². The fourth-order valence-corrected chi connectivity index (χ4v) is 3.27. The van der Waals surface area contributed by atoms with Gasteiger partial charge in [-0.15, -0.1) is 0 Å². The largest absolute Gasteiger partial charge is 0.395 e. The summed E-state index contributed by atoms with van der Waals surface area (Å²) < 4.78 is 7.37. The minimum atomic E-state index is 0.423. The highest BCUT2D eigenvalue weighted by Gasteiger charge is 2.27. The van der Waals surface area contributed by atoms with E-state index in [4.69, 9.17) is 22.1 Å². The summed E-state index contributed by atoms with van der Waals surface area (Å²) in [6.07, 6.45) is 6.44. The fourth-order valence-electron chi connectivity index (χ4n) is 3.14. The highest BCUT2D eigenvalue weighted by Crippen LogP contribution is 2.28. The van der Waals surface area contributed by atoms with Crippen molar-refractivity contribution in [2.24, 2.45) is 0 Å². The molecule has 1 aromatic rings. The molecule has 0 amide bonds. The minimum Gasteiger partial charge on any atom is -0.395 e. The Morgan fingerprint density at radius 1 is 1.16 bits per heavy atom. The molecule has 0 bridgehead atoms. The van der Waals surface area contributed by atoms with Crippen LogP contribution in [0.5, 0.6) is 0 Å². The molecule has 0 saturated carbocycles. The third-order valence-corrected chi connectivity index (χ3v) is 4.59. The first-order valence-electron chi connectivity index (χ1n) is 7.06. The van der Waals surface area contributed by atoms with Crippen LogP contribution in [0.25, 0.3) is 0 Å². The van der Waals surface area contributed by atoms with E-state index in [1.54, 1.807) is 0 Å². The molecular weight excluding hydrogens is 264 g/mol. The van der Waals surface area contributed by atoms with E-state index in [1.165, 1.54) is 12.8 Å². The molecule has 2 N–H and O–H groups in total. The molecule has 1 aromatic heterocycles. The monoisotopic (exact) mass is 284 g/mol. The van der Waals surface area contributed by atoms with Gasteiger partial charge in [-0.25, -0.2) is 0 Å². The van der Waals surface area contributed by atoms with Gasteiger partial charge in [-0.2, -0.15) is 5.10 Å². The Bertz CT molecular complexity index is 403. The predicted molar refractivity (Wildman–Crippen MR) is 75.3 cm³/mol. The van der Waals surface area contributed by atoms with Gasteiger partial charge in [0.05, 0.1) is 11.7 Å². The molecule has 0 radical (unpaired) electrons. The van der Waals surface area contributed by atoms with Crippen LogP contribution in [0.4, 0.5) is 5.69 Å². The first kappa shape index (κ1) is 13.2. The molecule has 2 aliphatic heterocycles. The number of piperidine rings is 1. The molecule has 0 aliphatic carbocycles. The van der Waals surface area contributed by atoms with Gasteiger partial charge in [0.15, 0.2) is 5.15 Å². The molecule has 6 heteroatoms. The summed E-state index contributed by atoms with van der Waals surface area (Å²) >= 11 is 5.92. The zero-order valence-electron chi connectivity index (χ0n) is 11.1. The maximum atomic E-state index is 5.92. The van der Waals surface area contributed by atoms with Gasteiger partial charge in [0.1, 0.15) is 0 Å². The van der Waals surface area contributed by atoms with Crippen LogP contribution < -0.4 is 5.73 Å². The number of anilines is 1. The Kier molecular flexibility index (Phi) is 3.96. The van der Waals surface area contributed by atoms with Crippen LogP contribution in [0.2, 0.25) is 5.15 Å². The van der Waals surface area contributed by atoms with Gasteiger partial charge >= 0.3 is 0 Å². The molecule has 0 aromatic carbocycles. The SMILES string of the molecule is Nc1cn(C2CCN(C3CCOCC3)CC2)nc1Cl. The number of nitrogens with two attached hydrogens (primary N) is 1. The van der Waals surface area contributed by atoms with Crippen LogP contribution >= 0.6 is 11.6 Å². The van der Waals surface area contributed by atoms with Crippen molar-refractivity contribution < 1.29 is 4.74 Å². The molecule has 19 heavy (non-hydrogen) atoms. The van der Waals surface area contributed by atoms with Crippen LogP contribution in [0.1, 0.15) is 31.7 Å². The van der Waals surface area contributed by atoms with Gasteiger partial charge in [0, 0.05) is 38.5 Å². The smallest absolute Gasteiger partial charge is 0.173 e. The quantitative estimate of drug-likeness (QED) is 0.902. The fraction of sp³-hybridized carbons (Fsp3) is 0.769. The normalized spacial score (nSPS) is 23.8. The molecule has 3 heterocycles. The minimum absolute atomic E-state index is 0.423. The Hall–Kier alpha value is -0.780. The van der Waals surface area contributed by atoms with Crippen molar-refractivity contribution in [3.8, 4) is 0 Å². The van der Waals surface area contributed by atoms with E-state index in [1.807, 2.05) is 10.9 Å². The molecule has 106 valence electrons. The zero-order chi connectivity index (χ0) is 13.2. The number of hydrogen-bond acceptors (Lipinski definition) is 4. The van der Waals surface area contributed by atoms with Crippen molar-refractivity contribution in [1.29, 1.82) is 0 Å². The molecule has 0 atom stereocenters. The number of nitrogens with zero attached hydrogens (tertiary/aromatic N) is 3. The number of halogens is 1. The second kappa shape index (κ2) is 5.69. The van der Waals surface area contributed by atoms with E-state index in [0.717, 1.165) is 39.1 Å². The van der Waals surface area contributed by atoms with Gasteiger partial charge in [-0.1, -0.05) is 11.6 Å². The second-order valence-corrected chi connectivity index (χ2v) is 5.82. The van der Waals surface area contributed by atoms with Crippen molar-refractivity contribution >= 4 is 17.3 Å². The van der Waals surface area contributed by atoms with Crippen molar-refractivity contribution in [2.75, 3.05) is 32.0 Å². The lowest BCUT2D eigenvalue weighted by molar-refractivity contribution is 0.0212. The molecule has 3 rings (SSSR count). The number of likely N-dealkylation sites (tertiary alicyclic amines) is 1. The number of hydrogen-bond donors (Lipinski definition) is 1. The van der Waals surface area contributed by atoms with E-state index in [0.29, 0.717) is 22.9 Å². The summed E-state index contributed by atoms with van der Waals surface area (Å²) in [6.45, 7) is 4.09. The summed E-state index contributed by atoms with van der Waals surface area (Å²) in [5, 5.41) is 4.71. The van der Waals surface area contributed by atoms with E-state index in [-0.39, 0.29) is 0 Å². The standard InChI is InChI=1S/C13H21ClN4O/c14-13-12(15)9-18(16-13)11-1-5-17(6-2-11)10-3-7-19-8-4-10/h9-11H,1-8,15H2. The van der Waals surface area contributed by atoms with Gasteiger partial charge in [0.25, 0.3) is 0 Å². The third-order valence-electron chi connectivity index (χ3n) is 4.29. The van der Waals surface area contributed by atoms with Crippen LogP contribution in [-0.4, -0.2) is 47.0 Å². The van der Waals surface area contributed by atoms with Crippen LogP contribution in [-0.2, 0) is 4.74 Å². The summed E-state index contributed by atoms with van der Waals surface area (Å²) in [7, 11) is 0. The summed E-state index contributed by atoms with van der Waals surface area (Å²) in [6, 6.07) is 1.15. The lowest BCUT2D eigenvalue weighted by Gasteiger charge is -2.39. The van der Waals surface area contributed by atoms with Crippen LogP contribution in [0, 0.1) is 0 Å². The van der Waals surface area contributed by atoms with Crippen molar-refractivity contribution in [2.45, 2.75) is 37.8 Å². The molecule has 0 unspecified atom stereocenters. The summed E-state index contributed by atoms with van der Waals surface area (Å²) in [4.78, 5) is 2.60. The maximum Gasteiger partial charge on any atom is 0.173 e. The number of ether oxygens (including phenoxy) is 1. The second-order valence-electron chi connectivity index (χ2n) is 5.47. The number of aromatic nitrogens is 2. The van der Waals surface area contributed by atoms with Crippen molar-refractivity contribution in [1.82, 2.24) is 14.7 Å². The van der Waals surface area contributed by atoms with E-state index >= 15 is 0 Å². The van der Waals surface area contributed by atoms with Gasteiger partial charge < -0.3 is 15.4 Å². The molecule has 2 saturated heterocycles. The summed E-state index contributed by atoms with van der Waals surface area (Å²) in [5.74, 6) is 0. The van der Waals surface area contributed by atoms with E-state index in [9.17, 15) is 0 Å². The van der Waals surface area contributed by atoms with E-state index in [2.05, 4.69) is 10.00 Å². The Morgan fingerprint density at radius 2 is 1.84 bits per heavy atom. The average Bonchev–Trinajstić information content (AvgIpc) is 2.80. The lowest BCUT2D eigenvalue weighted by atomic mass is 10.00. The molecule has 2 fully saturated rings. The van der Waals surface area contributed by atoms with Gasteiger partial charge in [-0.05, 0) is 25.7 Å². The predicted octanol–water partition coefficient (Wildman–Crippen LogP) is 1.93. The topological polar surface area (TPSA) is 56.3 Å². The zero-order valence-corrected chi connectivity index (χ0v) is 11.9. The van der Waals surface area contributed by atoms with Gasteiger partial charge in [-0.3, -0.25) is 4.68 Å².